The molecule has 3 amide bonds. The number of hydrogen-bond donors (Lipinski definition) is 2. The number of hydrogen-bond acceptors (Lipinski definition) is 6. The van der Waals surface area contributed by atoms with E-state index in [4.69, 9.17) is 10.5 Å². The van der Waals surface area contributed by atoms with E-state index in [1.165, 1.54) is 4.68 Å². The predicted molar refractivity (Wildman–Crippen MR) is 112 cm³/mol. The molecule has 3 atom stereocenters. The normalized spacial score (nSPS) is 21.2. The monoisotopic (exact) mass is 444 g/mol. The average Bonchev–Trinajstić information content (AvgIpc) is 3.25. The molecule has 3 heterocycles. The molecular formula is C21H25FN6O4. The zero-order valence-corrected chi connectivity index (χ0v) is 18.1. The van der Waals surface area contributed by atoms with Crippen LogP contribution in [-0.2, 0) is 16.1 Å². The Hall–Kier alpha value is -3.50. The van der Waals surface area contributed by atoms with Crippen molar-refractivity contribution in [2.75, 3.05) is 6.54 Å². The molecule has 10 nitrogen and oxygen atoms in total. The van der Waals surface area contributed by atoms with Crippen molar-refractivity contribution in [3.8, 4) is 5.88 Å². The molecule has 1 aliphatic heterocycles. The van der Waals surface area contributed by atoms with Gasteiger partial charge in [-0.3, -0.25) is 14.6 Å². The zero-order chi connectivity index (χ0) is 23.2. The van der Waals surface area contributed by atoms with Gasteiger partial charge in [-0.05, 0) is 51.2 Å². The summed E-state index contributed by atoms with van der Waals surface area (Å²) >= 11 is 0. The third-order valence-electron chi connectivity index (χ3n) is 5.94. The number of ether oxygens (including phenoxy) is 1. The van der Waals surface area contributed by atoms with Gasteiger partial charge in [-0.1, -0.05) is 0 Å². The van der Waals surface area contributed by atoms with Crippen LogP contribution < -0.4 is 15.8 Å². The Labute approximate surface area is 183 Å². The number of fused-ring (bicyclic) bond motifs is 2. The van der Waals surface area contributed by atoms with E-state index in [-0.39, 0.29) is 42.7 Å². The van der Waals surface area contributed by atoms with Crippen molar-refractivity contribution in [1.82, 2.24) is 25.0 Å². The lowest BCUT2D eigenvalue weighted by Gasteiger charge is -2.27. The van der Waals surface area contributed by atoms with Crippen molar-refractivity contribution >= 4 is 28.8 Å². The number of aromatic nitrogens is 3. The second-order valence-corrected chi connectivity index (χ2v) is 8.41. The van der Waals surface area contributed by atoms with Crippen LogP contribution >= 0.6 is 0 Å². The molecule has 2 fully saturated rings. The number of piperidine rings is 1. The van der Waals surface area contributed by atoms with Gasteiger partial charge in [0.25, 0.3) is 5.88 Å². The summed E-state index contributed by atoms with van der Waals surface area (Å²) in [5.74, 6) is -0.802. The van der Waals surface area contributed by atoms with Crippen LogP contribution in [0.1, 0.15) is 32.4 Å². The molecule has 2 aliphatic rings. The molecule has 4 rings (SSSR count). The highest BCUT2D eigenvalue weighted by Crippen LogP contribution is 2.48. The quantitative estimate of drug-likeness (QED) is 0.695. The molecule has 170 valence electrons. The van der Waals surface area contributed by atoms with Crippen LogP contribution in [0.15, 0.2) is 23.7 Å². The molecule has 11 heteroatoms. The standard InChI is InChI=1S/C21H25FN6O4/c1-10(2)14(22)8-25-19(30)16-7-12-6-15(12)28(16)17(29)9-27-18-11(3)24-5-4-13(18)20(26-27)32-21(23)31/h4-5,12,15-16H,6-9H2,1-3H3,(H2,23,31)(H,25,30)/t12-,15-,16+/m1/s1. The van der Waals surface area contributed by atoms with Crippen molar-refractivity contribution < 1.29 is 23.5 Å². The fourth-order valence-electron chi connectivity index (χ4n) is 4.27. The summed E-state index contributed by atoms with van der Waals surface area (Å²) in [5.41, 5.74) is 6.76. The summed E-state index contributed by atoms with van der Waals surface area (Å²) in [6, 6.07) is 0.961. The van der Waals surface area contributed by atoms with Gasteiger partial charge >= 0.3 is 6.09 Å². The molecule has 2 aromatic rings. The summed E-state index contributed by atoms with van der Waals surface area (Å²) in [6.07, 6.45) is 1.92. The second kappa shape index (κ2) is 8.21. The highest BCUT2D eigenvalue weighted by molar-refractivity contribution is 5.91. The Morgan fingerprint density at radius 1 is 1.31 bits per heavy atom. The van der Waals surface area contributed by atoms with E-state index in [0.29, 0.717) is 28.6 Å². The van der Waals surface area contributed by atoms with Crippen LogP contribution in [0.5, 0.6) is 5.88 Å². The number of carbonyl (C=O) groups is 3. The maximum atomic E-state index is 13.8. The summed E-state index contributed by atoms with van der Waals surface area (Å²) in [7, 11) is 0. The van der Waals surface area contributed by atoms with Crippen molar-refractivity contribution in [3.05, 3.63) is 29.4 Å². The molecule has 1 saturated carbocycles. The molecule has 0 bridgehead atoms. The number of halogens is 1. The Bertz CT molecular complexity index is 1140. The lowest BCUT2D eigenvalue weighted by molar-refractivity contribution is -0.140. The lowest BCUT2D eigenvalue weighted by atomic mass is 10.1. The number of primary amides is 1. The SMILES string of the molecule is CC(C)=C(F)CNC(=O)[C@@H]1C[C@H]2C[C@H]2N1C(=O)Cn1nc(OC(N)=O)c2ccnc(C)c21. The molecule has 2 aromatic heterocycles. The number of likely N-dealkylation sites (tertiary alicyclic amines) is 1. The third-order valence-corrected chi connectivity index (χ3v) is 5.94. The predicted octanol–water partition coefficient (Wildman–Crippen LogP) is 1.57. The highest BCUT2D eigenvalue weighted by atomic mass is 19.1. The van der Waals surface area contributed by atoms with Crippen LogP contribution in [0.3, 0.4) is 0 Å². The largest absolute Gasteiger partial charge is 0.411 e. The van der Waals surface area contributed by atoms with Gasteiger partial charge in [0, 0.05) is 12.2 Å². The molecule has 1 saturated heterocycles. The van der Waals surface area contributed by atoms with Gasteiger partial charge in [0.1, 0.15) is 18.4 Å². The summed E-state index contributed by atoms with van der Waals surface area (Å²) in [5, 5.41) is 7.33. The molecular weight excluding hydrogens is 419 g/mol. The number of carbonyl (C=O) groups excluding carboxylic acids is 3. The van der Waals surface area contributed by atoms with Crippen LogP contribution in [0, 0.1) is 12.8 Å². The molecule has 0 spiro atoms. The van der Waals surface area contributed by atoms with Gasteiger partial charge in [-0.25, -0.2) is 13.9 Å². The zero-order valence-electron chi connectivity index (χ0n) is 18.1. The van der Waals surface area contributed by atoms with E-state index in [1.54, 1.807) is 37.9 Å². The Morgan fingerprint density at radius 3 is 2.75 bits per heavy atom. The number of pyridine rings is 1. The van der Waals surface area contributed by atoms with Crippen molar-refractivity contribution in [2.45, 2.75) is 52.2 Å². The summed E-state index contributed by atoms with van der Waals surface area (Å²) < 4.78 is 20.2. The van der Waals surface area contributed by atoms with Crippen LogP contribution in [0.2, 0.25) is 0 Å². The Kier molecular flexibility index (Phi) is 5.57. The maximum Gasteiger partial charge on any atom is 0.411 e. The lowest BCUT2D eigenvalue weighted by Crippen LogP contribution is -2.49. The van der Waals surface area contributed by atoms with E-state index < -0.39 is 18.0 Å². The number of amides is 3. The van der Waals surface area contributed by atoms with Gasteiger partial charge in [-0.15, -0.1) is 5.10 Å². The fourth-order valence-corrected chi connectivity index (χ4v) is 4.27. The van der Waals surface area contributed by atoms with E-state index in [2.05, 4.69) is 15.4 Å². The maximum absolute atomic E-state index is 13.8. The minimum atomic E-state index is -1.02. The molecule has 0 radical (unpaired) electrons. The minimum Gasteiger partial charge on any atom is -0.389 e. The first kappa shape index (κ1) is 21.7. The number of aryl methyl sites for hydroxylation is 1. The van der Waals surface area contributed by atoms with Crippen LogP contribution in [0.25, 0.3) is 10.9 Å². The second-order valence-electron chi connectivity index (χ2n) is 8.41. The van der Waals surface area contributed by atoms with E-state index in [1.807, 2.05) is 0 Å². The van der Waals surface area contributed by atoms with Gasteiger partial charge in [0.05, 0.1) is 23.1 Å². The smallest absolute Gasteiger partial charge is 0.389 e. The fraction of sp³-hybridized carbons (Fsp3) is 0.476. The first-order valence-electron chi connectivity index (χ1n) is 10.4. The number of allylic oxidation sites excluding steroid dienone is 1. The van der Waals surface area contributed by atoms with Crippen molar-refractivity contribution in [2.24, 2.45) is 11.7 Å². The van der Waals surface area contributed by atoms with Gasteiger partial charge < -0.3 is 20.7 Å². The topological polar surface area (TPSA) is 132 Å². The summed E-state index contributed by atoms with van der Waals surface area (Å²) in [6.45, 7) is 4.64. The molecule has 0 aromatic carbocycles. The van der Waals surface area contributed by atoms with Crippen LogP contribution in [-0.4, -0.2) is 56.2 Å². The Balaban J connectivity index is 1.55. The first-order valence-corrected chi connectivity index (χ1v) is 10.4. The number of rotatable bonds is 6. The highest BCUT2D eigenvalue weighted by Gasteiger charge is 2.56. The average molecular weight is 444 g/mol. The van der Waals surface area contributed by atoms with E-state index in [0.717, 1.165) is 6.42 Å². The summed E-state index contributed by atoms with van der Waals surface area (Å²) in [4.78, 5) is 43.0. The van der Waals surface area contributed by atoms with Gasteiger partial charge in [-0.2, -0.15) is 0 Å². The molecule has 3 N–H and O–H groups in total. The number of nitrogens with two attached hydrogens (primary N) is 1. The van der Waals surface area contributed by atoms with Crippen molar-refractivity contribution in [3.63, 3.8) is 0 Å². The van der Waals surface area contributed by atoms with Crippen LogP contribution in [0.4, 0.5) is 9.18 Å². The molecule has 0 unspecified atom stereocenters. The minimum absolute atomic E-state index is 0.00561. The first-order chi connectivity index (χ1) is 15.2. The van der Waals surface area contributed by atoms with E-state index in [9.17, 15) is 18.8 Å². The Morgan fingerprint density at radius 2 is 2.06 bits per heavy atom. The molecule has 1 aliphatic carbocycles. The van der Waals surface area contributed by atoms with Gasteiger partial charge in [0.15, 0.2) is 0 Å². The number of nitrogens with one attached hydrogen (secondary N) is 1. The third kappa shape index (κ3) is 4.02. The van der Waals surface area contributed by atoms with Gasteiger partial charge in [0.2, 0.25) is 11.8 Å². The number of nitrogens with zero attached hydrogens (tertiary/aromatic N) is 4. The van der Waals surface area contributed by atoms with E-state index >= 15 is 0 Å². The van der Waals surface area contributed by atoms with Crippen molar-refractivity contribution in [1.29, 1.82) is 0 Å². The molecule has 32 heavy (non-hydrogen) atoms.